The quantitative estimate of drug-likeness (QED) is 0.352. The van der Waals surface area contributed by atoms with Crippen LogP contribution in [0.2, 0.25) is 0 Å². The molecule has 0 aliphatic heterocycles. The van der Waals surface area contributed by atoms with Crippen LogP contribution in [0.1, 0.15) is 47.5 Å². The highest BCUT2D eigenvalue weighted by Crippen LogP contribution is 2.23. The standard InChI is InChI=1S/C17H28O5/c1-7-17(6,12-10-11-13(4)5)22-14(15(18)20-8-2)16(19)21-9-3/h7,11,14H,1,8-10,12H2,2-6H3. The zero-order valence-electron chi connectivity index (χ0n) is 14.3. The van der Waals surface area contributed by atoms with Crippen LogP contribution in [-0.4, -0.2) is 36.9 Å². The third-order valence-electron chi connectivity index (χ3n) is 3.01. The van der Waals surface area contributed by atoms with Crippen LogP contribution in [0.4, 0.5) is 0 Å². The summed E-state index contributed by atoms with van der Waals surface area (Å²) in [6.07, 6.45) is 3.61. The molecule has 5 nitrogen and oxygen atoms in total. The predicted molar refractivity (Wildman–Crippen MR) is 85.4 cm³/mol. The lowest BCUT2D eigenvalue weighted by Gasteiger charge is -2.29. The molecule has 0 radical (unpaired) electrons. The first-order valence-corrected chi connectivity index (χ1v) is 7.57. The maximum absolute atomic E-state index is 11.9. The summed E-state index contributed by atoms with van der Waals surface area (Å²) in [5.74, 6) is -1.48. The lowest BCUT2D eigenvalue weighted by molar-refractivity contribution is -0.182. The first-order chi connectivity index (χ1) is 10.3. The van der Waals surface area contributed by atoms with E-state index in [0.717, 1.165) is 6.42 Å². The van der Waals surface area contributed by atoms with E-state index in [9.17, 15) is 9.59 Å². The van der Waals surface area contributed by atoms with Gasteiger partial charge >= 0.3 is 11.9 Å². The molecule has 0 saturated carbocycles. The molecule has 0 aliphatic carbocycles. The van der Waals surface area contributed by atoms with Gasteiger partial charge in [0.25, 0.3) is 6.10 Å². The molecule has 0 N–H and O–H groups in total. The van der Waals surface area contributed by atoms with Gasteiger partial charge < -0.3 is 14.2 Å². The van der Waals surface area contributed by atoms with E-state index in [1.807, 2.05) is 13.8 Å². The normalized spacial score (nSPS) is 13.2. The second-order valence-corrected chi connectivity index (χ2v) is 5.34. The predicted octanol–water partition coefficient (Wildman–Crippen LogP) is 3.19. The molecule has 0 bridgehead atoms. The number of hydrogen-bond donors (Lipinski definition) is 0. The molecule has 0 spiro atoms. The van der Waals surface area contributed by atoms with Crippen LogP contribution in [0.25, 0.3) is 0 Å². The molecule has 126 valence electrons. The molecule has 0 rings (SSSR count). The maximum Gasteiger partial charge on any atom is 0.347 e. The molecule has 0 amide bonds. The lowest BCUT2D eigenvalue weighted by atomic mass is 9.99. The van der Waals surface area contributed by atoms with E-state index < -0.39 is 23.6 Å². The monoisotopic (exact) mass is 312 g/mol. The summed E-state index contributed by atoms with van der Waals surface area (Å²) in [4.78, 5) is 23.9. The minimum atomic E-state index is -1.39. The van der Waals surface area contributed by atoms with Crippen molar-refractivity contribution in [2.45, 2.75) is 59.2 Å². The van der Waals surface area contributed by atoms with E-state index in [1.54, 1.807) is 26.8 Å². The number of ether oxygens (including phenoxy) is 3. The van der Waals surface area contributed by atoms with Gasteiger partial charge in [-0.15, -0.1) is 6.58 Å². The second kappa shape index (κ2) is 10.2. The van der Waals surface area contributed by atoms with Gasteiger partial charge in [0.05, 0.1) is 18.8 Å². The summed E-state index contributed by atoms with van der Waals surface area (Å²) in [6, 6.07) is 0. The average molecular weight is 312 g/mol. The largest absolute Gasteiger partial charge is 0.464 e. The molecule has 0 fully saturated rings. The molecule has 0 saturated heterocycles. The Morgan fingerprint density at radius 1 is 1.14 bits per heavy atom. The van der Waals surface area contributed by atoms with Crippen molar-refractivity contribution in [2.24, 2.45) is 0 Å². The van der Waals surface area contributed by atoms with E-state index in [4.69, 9.17) is 14.2 Å². The molecule has 22 heavy (non-hydrogen) atoms. The fourth-order valence-corrected chi connectivity index (χ4v) is 1.75. The SMILES string of the molecule is C=CC(C)(CCC=C(C)C)OC(C(=O)OCC)C(=O)OCC. The first kappa shape index (κ1) is 20.4. The third-order valence-corrected chi connectivity index (χ3v) is 3.01. The highest BCUT2D eigenvalue weighted by molar-refractivity contribution is 5.98. The van der Waals surface area contributed by atoms with Gasteiger partial charge in [0.1, 0.15) is 0 Å². The van der Waals surface area contributed by atoms with Crippen molar-refractivity contribution in [3.63, 3.8) is 0 Å². The maximum atomic E-state index is 11.9. The third kappa shape index (κ3) is 7.41. The van der Waals surface area contributed by atoms with Gasteiger partial charge in [0.15, 0.2) is 0 Å². The summed E-state index contributed by atoms with van der Waals surface area (Å²) in [5.41, 5.74) is 0.370. The van der Waals surface area contributed by atoms with E-state index >= 15 is 0 Å². The minimum Gasteiger partial charge on any atom is -0.464 e. The zero-order valence-corrected chi connectivity index (χ0v) is 14.3. The van der Waals surface area contributed by atoms with Crippen molar-refractivity contribution in [1.29, 1.82) is 0 Å². The van der Waals surface area contributed by atoms with Crippen molar-refractivity contribution in [1.82, 2.24) is 0 Å². The molecular weight excluding hydrogens is 284 g/mol. The molecule has 0 aliphatic rings. The summed E-state index contributed by atoms with van der Waals surface area (Å²) >= 11 is 0. The Morgan fingerprint density at radius 3 is 2.00 bits per heavy atom. The van der Waals surface area contributed by atoms with Crippen molar-refractivity contribution in [3.8, 4) is 0 Å². The van der Waals surface area contributed by atoms with E-state index in [1.165, 1.54) is 5.57 Å². The number of esters is 2. The minimum absolute atomic E-state index is 0.167. The number of carbonyl (C=O) groups excluding carboxylic acids is 2. The van der Waals surface area contributed by atoms with Crippen LogP contribution in [-0.2, 0) is 23.8 Å². The van der Waals surface area contributed by atoms with Crippen LogP contribution < -0.4 is 0 Å². The molecule has 5 heteroatoms. The fraction of sp³-hybridized carbons (Fsp3) is 0.647. The lowest BCUT2D eigenvalue weighted by Crippen LogP contribution is -2.43. The summed E-state index contributed by atoms with van der Waals surface area (Å²) in [5, 5.41) is 0. The number of hydrogen-bond acceptors (Lipinski definition) is 5. The van der Waals surface area contributed by atoms with Crippen molar-refractivity contribution < 1.29 is 23.8 Å². The molecule has 0 aromatic carbocycles. The van der Waals surface area contributed by atoms with Crippen molar-refractivity contribution in [3.05, 3.63) is 24.3 Å². The average Bonchev–Trinajstić information content (AvgIpc) is 2.44. The van der Waals surface area contributed by atoms with Gasteiger partial charge in [-0.2, -0.15) is 0 Å². The van der Waals surface area contributed by atoms with Gasteiger partial charge in [-0.3, -0.25) is 0 Å². The molecular formula is C17H28O5. The zero-order chi connectivity index (χ0) is 17.2. The Morgan fingerprint density at radius 2 is 1.64 bits per heavy atom. The highest BCUT2D eigenvalue weighted by atomic mass is 16.6. The second-order valence-electron chi connectivity index (χ2n) is 5.34. The smallest absolute Gasteiger partial charge is 0.347 e. The van der Waals surface area contributed by atoms with E-state index in [0.29, 0.717) is 6.42 Å². The molecule has 1 atom stereocenters. The fourth-order valence-electron chi connectivity index (χ4n) is 1.75. The summed E-state index contributed by atoms with van der Waals surface area (Å²) < 4.78 is 15.5. The van der Waals surface area contributed by atoms with Crippen LogP contribution in [0.3, 0.4) is 0 Å². The molecule has 1 unspecified atom stereocenters. The molecule has 0 aromatic rings. The molecule has 0 heterocycles. The van der Waals surface area contributed by atoms with E-state index in [-0.39, 0.29) is 13.2 Å². The topological polar surface area (TPSA) is 61.8 Å². The van der Waals surface area contributed by atoms with Crippen molar-refractivity contribution >= 4 is 11.9 Å². The van der Waals surface area contributed by atoms with E-state index in [2.05, 4.69) is 12.7 Å². The Bertz CT molecular complexity index is 391. The van der Waals surface area contributed by atoms with Crippen LogP contribution in [0.15, 0.2) is 24.3 Å². The van der Waals surface area contributed by atoms with Gasteiger partial charge in [0.2, 0.25) is 0 Å². The van der Waals surface area contributed by atoms with Crippen molar-refractivity contribution in [2.75, 3.05) is 13.2 Å². The van der Waals surface area contributed by atoms with Gasteiger partial charge in [0, 0.05) is 0 Å². The van der Waals surface area contributed by atoms with Gasteiger partial charge in [-0.1, -0.05) is 17.7 Å². The summed E-state index contributed by atoms with van der Waals surface area (Å²) in [7, 11) is 0. The van der Waals surface area contributed by atoms with Gasteiger partial charge in [-0.05, 0) is 47.5 Å². The Hall–Kier alpha value is -1.62. The highest BCUT2D eigenvalue weighted by Gasteiger charge is 2.36. The van der Waals surface area contributed by atoms with Crippen LogP contribution in [0, 0.1) is 0 Å². The number of carbonyl (C=O) groups is 2. The Kier molecular flexibility index (Phi) is 9.42. The van der Waals surface area contributed by atoms with Gasteiger partial charge in [-0.25, -0.2) is 9.59 Å². The number of allylic oxidation sites excluding steroid dienone is 2. The number of rotatable bonds is 10. The van der Waals surface area contributed by atoms with Crippen LogP contribution in [0.5, 0.6) is 0 Å². The molecule has 0 aromatic heterocycles. The summed E-state index contributed by atoms with van der Waals surface area (Å²) in [6.45, 7) is 13.2. The first-order valence-electron chi connectivity index (χ1n) is 7.57. The van der Waals surface area contributed by atoms with Crippen LogP contribution >= 0.6 is 0 Å². The Balaban J connectivity index is 5.04. The Labute approximate surface area is 133 Å².